The molecule has 6 heteroatoms. The molecule has 1 aromatic heterocycles. The summed E-state index contributed by atoms with van der Waals surface area (Å²) in [6.07, 6.45) is 0. The monoisotopic (exact) mass is 277 g/mol. The van der Waals surface area contributed by atoms with Crippen LogP contribution in [0, 0.1) is 28.5 Å². The van der Waals surface area contributed by atoms with E-state index in [1.807, 2.05) is 12.1 Å². The van der Waals surface area contributed by atoms with Crippen molar-refractivity contribution in [2.75, 3.05) is 5.73 Å². The molecule has 2 N–H and O–H groups in total. The Morgan fingerprint density at radius 2 is 1.95 bits per heavy atom. The lowest BCUT2D eigenvalue weighted by Crippen LogP contribution is -2.04. The van der Waals surface area contributed by atoms with Gasteiger partial charge in [0.05, 0.1) is 28.4 Å². The van der Waals surface area contributed by atoms with Crippen molar-refractivity contribution in [2.24, 2.45) is 0 Å². The molecule has 0 amide bonds. The zero-order chi connectivity index (χ0) is 15.0. The van der Waals surface area contributed by atoms with Crippen LogP contribution in [0.2, 0.25) is 0 Å². The molecule has 0 atom stereocenters. The van der Waals surface area contributed by atoms with E-state index >= 15 is 0 Å². The smallest absolute Gasteiger partial charge is 0.205 e. The molecule has 0 aliphatic carbocycles. The summed E-state index contributed by atoms with van der Waals surface area (Å²) in [5, 5.41) is 18.1. The second-order valence-corrected chi connectivity index (χ2v) is 4.37. The lowest BCUT2D eigenvalue weighted by Gasteiger charge is -2.09. The Balaban J connectivity index is 2.41. The molecule has 0 aliphatic rings. The Hall–Kier alpha value is -3.38. The van der Waals surface area contributed by atoms with Crippen molar-refractivity contribution < 1.29 is 4.39 Å². The van der Waals surface area contributed by atoms with Crippen LogP contribution < -0.4 is 5.73 Å². The third-order valence-electron chi connectivity index (χ3n) is 3.15. The van der Waals surface area contributed by atoms with Crippen LogP contribution in [0.4, 0.5) is 10.3 Å². The molecule has 100 valence electrons. The van der Waals surface area contributed by atoms with Crippen molar-refractivity contribution in [1.82, 2.24) is 9.55 Å². The molecular weight excluding hydrogens is 269 g/mol. The maximum absolute atomic E-state index is 13.8. The first-order valence-electron chi connectivity index (χ1n) is 6.02. The van der Waals surface area contributed by atoms with E-state index in [4.69, 9.17) is 16.3 Å². The number of nitrogens with zero attached hydrogens (tertiary/aromatic N) is 4. The number of nitriles is 2. The largest absolute Gasteiger partial charge is 0.369 e. The molecule has 21 heavy (non-hydrogen) atoms. The second kappa shape index (κ2) is 4.62. The van der Waals surface area contributed by atoms with Gasteiger partial charge in [-0.2, -0.15) is 10.5 Å². The van der Waals surface area contributed by atoms with Crippen molar-refractivity contribution in [2.45, 2.75) is 0 Å². The first kappa shape index (κ1) is 12.6. The molecule has 0 unspecified atom stereocenters. The van der Waals surface area contributed by atoms with Crippen LogP contribution in [0.5, 0.6) is 0 Å². The van der Waals surface area contributed by atoms with Gasteiger partial charge in [0, 0.05) is 0 Å². The lowest BCUT2D eigenvalue weighted by atomic mass is 10.1. The summed E-state index contributed by atoms with van der Waals surface area (Å²) in [4.78, 5) is 4.17. The second-order valence-electron chi connectivity index (χ2n) is 4.37. The molecule has 1 heterocycles. The minimum atomic E-state index is -0.632. The first-order chi connectivity index (χ1) is 10.2. The van der Waals surface area contributed by atoms with Gasteiger partial charge in [-0.25, -0.2) is 9.37 Å². The minimum Gasteiger partial charge on any atom is -0.369 e. The Bertz CT molecular complexity index is 943. The summed E-state index contributed by atoms with van der Waals surface area (Å²) in [5.41, 5.74) is 7.61. The number of aromatic nitrogens is 2. The summed E-state index contributed by atoms with van der Waals surface area (Å²) < 4.78 is 15.2. The van der Waals surface area contributed by atoms with Gasteiger partial charge in [-0.15, -0.1) is 0 Å². The van der Waals surface area contributed by atoms with Crippen molar-refractivity contribution >= 4 is 17.0 Å². The van der Waals surface area contributed by atoms with Gasteiger partial charge in [-0.1, -0.05) is 6.07 Å². The number of hydrogen-bond acceptors (Lipinski definition) is 4. The van der Waals surface area contributed by atoms with Crippen LogP contribution >= 0.6 is 0 Å². The Labute approximate surface area is 119 Å². The molecule has 3 rings (SSSR count). The fraction of sp³-hybridized carbons (Fsp3) is 0. The molecule has 0 aliphatic heterocycles. The Morgan fingerprint density at radius 3 is 2.67 bits per heavy atom. The molecule has 0 spiro atoms. The predicted octanol–water partition coefficient (Wildman–Crippen LogP) is 2.49. The Kier molecular flexibility index (Phi) is 2.78. The summed E-state index contributed by atoms with van der Waals surface area (Å²) in [6, 6.07) is 13.0. The zero-order valence-corrected chi connectivity index (χ0v) is 10.7. The quantitative estimate of drug-likeness (QED) is 0.739. The van der Waals surface area contributed by atoms with Gasteiger partial charge < -0.3 is 5.73 Å². The van der Waals surface area contributed by atoms with E-state index in [-0.39, 0.29) is 11.5 Å². The standard InChI is InChI=1S/C15H8FN5/c16-11-2-1-3-13(10(11)8-18)21-14-6-9(7-17)4-5-12(14)20-15(21)19/h1-6H,(H2,19,20). The molecule has 0 radical (unpaired) electrons. The van der Waals surface area contributed by atoms with Gasteiger partial charge in [-0.05, 0) is 30.3 Å². The van der Waals surface area contributed by atoms with Crippen LogP contribution in [-0.2, 0) is 0 Å². The summed E-state index contributed by atoms with van der Waals surface area (Å²) >= 11 is 0. The first-order valence-corrected chi connectivity index (χ1v) is 6.02. The van der Waals surface area contributed by atoms with Gasteiger partial charge in [0.1, 0.15) is 17.4 Å². The van der Waals surface area contributed by atoms with Crippen LogP contribution in [0.3, 0.4) is 0 Å². The van der Waals surface area contributed by atoms with Crippen LogP contribution in [0.25, 0.3) is 16.7 Å². The van der Waals surface area contributed by atoms with E-state index in [1.165, 1.54) is 16.7 Å². The van der Waals surface area contributed by atoms with Gasteiger partial charge >= 0.3 is 0 Å². The van der Waals surface area contributed by atoms with Gasteiger partial charge in [0.2, 0.25) is 5.95 Å². The molecule has 5 nitrogen and oxygen atoms in total. The highest BCUT2D eigenvalue weighted by atomic mass is 19.1. The van der Waals surface area contributed by atoms with Gasteiger partial charge in [-0.3, -0.25) is 4.57 Å². The SMILES string of the molecule is N#Cc1ccc2nc(N)n(-c3cccc(F)c3C#N)c2c1. The maximum Gasteiger partial charge on any atom is 0.205 e. The topological polar surface area (TPSA) is 91.4 Å². The predicted molar refractivity (Wildman–Crippen MR) is 74.9 cm³/mol. The normalized spacial score (nSPS) is 10.2. The fourth-order valence-electron chi connectivity index (χ4n) is 2.23. The van der Waals surface area contributed by atoms with Gasteiger partial charge in [0.15, 0.2) is 0 Å². The van der Waals surface area contributed by atoms with Crippen LogP contribution in [0.15, 0.2) is 36.4 Å². The number of fused-ring (bicyclic) bond motifs is 1. The number of hydrogen-bond donors (Lipinski definition) is 1. The lowest BCUT2D eigenvalue weighted by molar-refractivity contribution is 0.623. The highest BCUT2D eigenvalue weighted by Gasteiger charge is 2.16. The van der Waals surface area contributed by atoms with Crippen molar-refractivity contribution in [3.8, 4) is 17.8 Å². The average molecular weight is 277 g/mol. The van der Waals surface area contributed by atoms with Crippen LogP contribution in [0.1, 0.15) is 11.1 Å². The van der Waals surface area contributed by atoms with E-state index in [0.29, 0.717) is 22.3 Å². The molecule has 3 aromatic rings. The molecular formula is C15H8FN5. The minimum absolute atomic E-state index is 0.120. The number of nitrogens with two attached hydrogens (primary N) is 1. The van der Waals surface area contributed by atoms with Gasteiger partial charge in [0.25, 0.3) is 0 Å². The highest BCUT2D eigenvalue weighted by Crippen LogP contribution is 2.27. The zero-order valence-electron chi connectivity index (χ0n) is 10.7. The third kappa shape index (κ3) is 1.87. The molecule has 0 bridgehead atoms. The molecule has 0 saturated heterocycles. The number of nitrogen functional groups attached to an aromatic ring is 1. The summed E-state index contributed by atoms with van der Waals surface area (Å²) in [6.45, 7) is 0. The third-order valence-corrected chi connectivity index (χ3v) is 3.15. The van der Waals surface area contributed by atoms with Crippen molar-refractivity contribution in [3.05, 3.63) is 53.3 Å². The maximum atomic E-state index is 13.8. The summed E-state index contributed by atoms with van der Waals surface area (Å²) in [5.74, 6) is -0.505. The van der Waals surface area contributed by atoms with Crippen molar-refractivity contribution in [3.63, 3.8) is 0 Å². The van der Waals surface area contributed by atoms with E-state index in [2.05, 4.69) is 4.98 Å². The number of imidazole rings is 1. The number of anilines is 1. The molecule has 0 saturated carbocycles. The van der Waals surface area contributed by atoms with E-state index in [9.17, 15) is 4.39 Å². The molecule has 0 fully saturated rings. The van der Waals surface area contributed by atoms with Crippen molar-refractivity contribution in [1.29, 1.82) is 10.5 Å². The van der Waals surface area contributed by atoms with E-state index < -0.39 is 5.82 Å². The number of rotatable bonds is 1. The number of halogens is 1. The Morgan fingerprint density at radius 1 is 1.14 bits per heavy atom. The average Bonchev–Trinajstić information content (AvgIpc) is 2.81. The number of benzene rings is 2. The molecule has 2 aromatic carbocycles. The summed E-state index contributed by atoms with van der Waals surface area (Å²) in [7, 11) is 0. The highest BCUT2D eigenvalue weighted by molar-refractivity contribution is 5.82. The van der Waals surface area contributed by atoms with Crippen LogP contribution in [-0.4, -0.2) is 9.55 Å². The van der Waals surface area contributed by atoms with E-state index in [0.717, 1.165) is 0 Å². The fourth-order valence-corrected chi connectivity index (χ4v) is 2.23. The van der Waals surface area contributed by atoms with E-state index in [1.54, 1.807) is 24.3 Å².